The number of carbonyl (C=O) groups excluding carboxylic acids is 1. The second-order valence-corrected chi connectivity index (χ2v) is 8.09. The molecule has 2 aromatic heterocycles. The van der Waals surface area contributed by atoms with Crippen LogP contribution in [-0.4, -0.2) is 41.3 Å². The van der Waals surface area contributed by atoms with Crippen molar-refractivity contribution in [3.8, 4) is 0 Å². The Morgan fingerprint density at radius 2 is 2.04 bits per heavy atom. The van der Waals surface area contributed by atoms with Crippen molar-refractivity contribution in [3.63, 3.8) is 0 Å². The maximum Gasteiger partial charge on any atom is 0.194 e. The first-order chi connectivity index (χ1) is 13.2. The highest BCUT2D eigenvalue weighted by molar-refractivity contribution is 7.15. The lowest BCUT2D eigenvalue weighted by molar-refractivity contribution is -0.113. The Hall–Kier alpha value is -2.44. The van der Waals surface area contributed by atoms with E-state index in [0.29, 0.717) is 6.42 Å². The summed E-state index contributed by atoms with van der Waals surface area (Å²) in [6.45, 7) is 6.17. The maximum absolute atomic E-state index is 12.8. The molecule has 5 nitrogen and oxygen atoms in total. The van der Waals surface area contributed by atoms with Crippen LogP contribution in [0.2, 0.25) is 0 Å². The van der Waals surface area contributed by atoms with Gasteiger partial charge in [-0.25, -0.2) is 4.98 Å². The highest BCUT2D eigenvalue weighted by Crippen LogP contribution is 2.30. The Balaban J connectivity index is 1.53. The average Bonchev–Trinajstić information content (AvgIpc) is 3.22. The quantitative estimate of drug-likeness (QED) is 0.744. The molecule has 3 aromatic rings. The number of carbonyl (C=O) groups is 1. The first kappa shape index (κ1) is 16.7. The van der Waals surface area contributed by atoms with Crippen molar-refractivity contribution in [2.75, 3.05) is 31.1 Å². The molecule has 5 rings (SSSR count). The number of aromatic nitrogens is 2. The number of Topliss-reactive ketones (excluding diaryl/α,β-unsaturated/α-hetero) is 1. The molecule has 0 bridgehead atoms. The van der Waals surface area contributed by atoms with Crippen LogP contribution in [0.4, 0.5) is 5.69 Å². The number of imidazole rings is 1. The number of allylic oxidation sites excluding steroid dienone is 1. The molecule has 1 saturated heterocycles. The molecule has 1 N–H and O–H groups in total. The van der Waals surface area contributed by atoms with Crippen LogP contribution >= 0.6 is 11.3 Å². The summed E-state index contributed by atoms with van der Waals surface area (Å²) in [6, 6.07) is 6.61. The van der Waals surface area contributed by atoms with Gasteiger partial charge < -0.3 is 10.2 Å². The molecule has 0 spiro atoms. The number of aryl methyl sites for hydroxylation is 2. The molecule has 0 saturated carbocycles. The lowest BCUT2D eigenvalue weighted by atomic mass is 10.0. The number of hydrogen-bond acceptors (Lipinski definition) is 5. The van der Waals surface area contributed by atoms with Crippen LogP contribution in [0.5, 0.6) is 0 Å². The number of ketones is 1. The number of nitrogens with one attached hydrogen (secondary N) is 1. The summed E-state index contributed by atoms with van der Waals surface area (Å²) in [5, 5.41) is 5.48. The molecule has 1 aliphatic carbocycles. The maximum atomic E-state index is 12.8. The molecule has 6 heteroatoms. The number of benzene rings is 1. The molecule has 1 aliphatic heterocycles. The lowest BCUT2D eigenvalue weighted by Crippen LogP contribution is -2.43. The van der Waals surface area contributed by atoms with Crippen molar-refractivity contribution in [1.82, 2.24) is 14.7 Å². The predicted molar refractivity (Wildman–Crippen MR) is 111 cm³/mol. The third kappa shape index (κ3) is 2.99. The van der Waals surface area contributed by atoms with E-state index in [1.807, 2.05) is 12.3 Å². The Morgan fingerprint density at radius 1 is 1.19 bits per heavy atom. The molecule has 2 aliphatic rings. The van der Waals surface area contributed by atoms with Crippen molar-refractivity contribution in [1.29, 1.82) is 0 Å². The second kappa shape index (κ2) is 6.62. The van der Waals surface area contributed by atoms with Crippen LogP contribution in [0.25, 0.3) is 16.6 Å². The van der Waals surface area contributed by atoms with Gasteiger partial charge >= 0.3 is 0 Å². The summed E-state index contributed by atoms with van der Waals surface area (Å²) in [5.41, 5.74) is 6.33. The number of rotatable bonds is 2. The molecule has 0 unspecified atom stereocenters. The summed E-state index contributed by atoms with van der Waals surface area (Å²) in [4.78, 5) is 20.9. The zero-order valence-corrected chi connectivity index (χ0v) is 16.2. The molecular weight excluding hydrogens is 356 g/mol. The highest BCUT2D eigenvalue weighted by atomic mass is 32.1. The Bertz CT molecular complexity index is 1060. The molecule has 27 heavy (non-hydrogen) atoms. The van der Waals surface area contributed by atoms with E-state index in [-0.39, 0.29) is 5.78 Å². The molecule has 0 radical (unpaired) electrons. The van der Waals surface area contributed by atoms with E-state index in [1.54, 1.807) is 11.3 Å². The number of nitrogens with zero attached hydrogens (tertiary/aromatic N) is 3. The SMILES string of the molecule is Cc1csc2nc(C3=Cc4ccc(N5CCNCC5)cc4CCC3=O)cn12. The Morgan fingerprint density at radius 3 is 2.85 bits per heavy atom. The summed E-state index contributed by atoms with van der Waals surface area (Å²) < 4.78 is 2.06. The smallest absolute Gasteiger partial charge is 0.194 e. The molecule has 0 amide bonds. The standard InChI is InChI=1S/C21H22N4OS/c1-14-13-27-21-23-19(12-25(14)21)18-11-16-2-4-17(24-8-6-22-7-9-24)10-15(16)3-5-20(18)26/h2,4,10-13,22H,3,5-9H2,1H3. The summed E-state index contributed by atoms with van der Waals surface area (Å²) >= 11 is 1.61. The van der Waals surface area contributed by atoms with Crippen molar-refractivity contribution in [3.05, 3.63) is 52.3 Å². The zero-order valence-electron chi connectivity index (χ0n) is 15.4. The van der Waals surface area contributed by atoms with Crippen LogP contribution in [0.15, 0.2) is 29.8 Å². The van der Waals surface area contributed by atoms with Gasteiger partial charge in [-0.1, -0.05) is 6.07 Å². The van der Waals surface area contributed by atoms with Crippen molar-refractivity contribution < 1.29 is 4.79 Å². The first-order valence-corrected chi connectivity index (χ1v) is 10.3. The van der Waals surface area contributed by atoms with Gasteiger partial charge in [-0.2, -0.15) is 0 Å². The Labute approximate surface area is 162 Å². The largest absolute Gasteiger partial charge is 0.369 e. The van der Waals surface area contributed by atoms with Gasteiger partial charge in [-0.15, -0.1) is 11.3 Å². The minimum absolute atomic E-state index is 0.179. The molecule has 1 aromatic carbocycles. The van der Waals surface area contributed by atoms with Gasteiger partial charge in [0.05, 0.1) is 5.69 Å². The molecule has 0 atom stereocenters. The van der Waals surface area contributed by atoms with Gasteiger partial charge in [0.15, 0.2) is 10.7 Å². The van der Waals surface area contributed by atoms with Gasteiger partial charge in [0.1, 0.15) is 0 Å². The summed E-state index contributed by atoms with van der Waals surface area (Å²) in [5.74, 6) is 0.179. The summed E-state index contributed by atoms with van der Waals surface area (Å²) in [7, 11) is 0. The van der Waals surface area contributed by atoms with E-state index in [2.05, 4.69) is 45.1 Å². The highest BCUT2D eigenvalue weighted by Gasteiger charge is 2.21. The minimum Gasteiger partial charge on any atom is -0.369 e. The number of thiazole rings is 1. The van der Waals surface area contributed by atoms with Crippen LogP contribution in [-0.2, 0) is 11.2 Å². The average molecular weight is 379 g/mol. The second-order valence-electron chi connectivity index (χ2n) is 7.26. The van der Waals surface area contributed by atoms with Gasteiger partial charge in [0.2, 0.25) is 0 Å². The predicted octanol–water partition coefficient (Wildman–Crippen LogP) is 3.17. The molecule has 138 valence electrons. The number of piperazine rings is 1. The fourth-order valence-corrected chi connectivity index (χ4v) is 4.78. The van der Waals surface area contributed by atoms with Crippen molar-refractivity contribution in [2.45, 2.75) is 19.8 Å². The van der Waals surface area contributed by atoms with Crippen LogP contribution in [0.3, 0.4) is 0 Å². The van der Waals surface area contributed by atoms with Gasteiger partial charge in [-0.3, -0.25) is 9.20 Å². The van der Waals surface area contributed by atoms with E-state index in [4.69, 9.17) is 4.98 Å². The first-order valence-electron chi connectivity index (χ1n) is 9.46. The van der Waals surface area contributed by atoms with E-state index >= 15 is 0 Å². The monoisotopic (exact) mass is 378 g/mol. The van der Waals surface area contributed by atoms with Gasteiger partial charge in [0, 0.05) is 61.1 Å². The van der Waals surface area contributed by atoms with E-state index in [0.717, 1.165) is 60.1 Å². The lowest BCUT2D eigenvalue weighted by Gasteiger charge is -2.30. The molecule has 3 heterocycles. The van der Waals surface area contributed by atoms with Gasteiger partial charge in [-0.05, 0) is 42.7 Å². The van der Waals surface area contributed by atoms with Gasteiger partial charge in [0.25, 0.3) is 0 Å². The summed E-state index contributed by atoms with van der Waals surface area (Å²) in [6.07, 6.45) is 5.35. The number of anilines is 1. The minimum atomic E-state index is 0.179. The van der Waals surface area contributed by atoms with Crippen LogP contribution < -0.4 is 10.2 Å². The zero-order chi connectivity index (χ0) is 18.4. The fourth-order valence-electron chi connectivity index (χ4n) is 3.93. The topological polar surface area (TPSA) is 49.6 Å². The molecule has 1 fully saturated rings. The van der Waals surface area contributed by atoms with E-state index in [1.165, 1.54) is 11.3 Å². The third-order valence-corrected chi connectivity index (χ3v) is 6.45. The number of fused-ring (bicyclic) bond motifs is 2. The van der Waals surface area contributed by atoms with Crippen molar-refractivity contribution >= 4 is 39.4 Å². The normalized spacial score (nSPS) is 17.7. The van der Waals surface area contributed by atoms with E-state index in [9.17, 15) is 4.79 Å². The third-order valence-electron chi connectivity index (χ3n) is 5.49. The van der Waals surface area contributed by atoms with Crippen LogP contribution in [0.1, 0.15) is 28.9 Å². The van der Waals surface area contributed by atoms with E-state index < -0.39 is 0 Å². The van der Waals surface area contributed by atoms with Crippen molar-refractivity contribution in [2.24, 2.45) is 0 Å². The Kier molecular flexibility index (Phi) is 4.10. The van der Waals surface area contributed by atoms with Crippen LogP contribution in [0, 0.1) is 6.92 Å². The number of hydrogen-bond donors (Lipinski definition) is 1. The fraction of sp³-hybridized carbons (Fsp3) is 0.333. The molecular formula is C21H22N4OS.